The maximum Gasteiger partial charge on any atom is 0.277 e. The molecule has 112 valence electrons. The third-order valence-corrected chi connectivity index (χ3v) is 2.49. The largest absolute Gasteiger partial charge is 0.483 e. The Hall–Kier alpha value is -3.29. The van der Waals surface area contributed by atoms with E-state index < -0.39 is 10.8 Å². The quantitative estimate of drug-likeness (QED) is 0.494. The third kappa shape index (κ3) is 4.67. The number of benzene rings is 1. The summed E-state index contributed by atoms with van der Waals surface area (Å²) in [6.07, 6.45) is 4.66. The minimum Gasteiger partial charge on any atom is -0.483 e. The number of nitrogens with one attached hydrogen (secondary N) is 1. The van der Waals surface area contributed by atoms with Crippen molar-refractivity contribution in [2.45, 2.75) is 0 Å². The molecule has 0 saturated heterocycles. The molecule has 0 fully saturated rings. The van der Waals surface area contributed by atoms with Gasteiger partial charge >= 0.3 is 0 Å². The fourth-order valence-electron chi connectivity index (χ4n) is 1.50. The molecule has 0 unspecified atom stereocenters. The Morgan fingerprint density at radius 3 is 3.00 bits per heavy atom. The minimum absolute atomic E-state index is 0.104. The second kappa shape index (κ2) is 7.48. The second-order valence-electron chi connectivity index (χ2n) is 4.12. The summed E-state index contributed by atoms with van der Waals surface area (Å²) in [5.41, 5.74) is 2.92. The van der Waals surface area contributed by atoms with Gasteiger partial charge in [0.05, 0.1) is 17.2 Å². The Kier molecular flexibility index (Phi) is 5.14. The highest BCUT2D eigenvalue weighted by atomic mass is 16.6. The number of nitrogens with zero attached hydrogens (tertiary/aromatic N) is 3. The molecule has 2 aromatic rings. The number of hydrogen-bond acceptors (Lipinski definition) is 6. The third-order valence-electron chi connectivity index (χ3n) is 2.49. The van der Waals surface area contributed by atoms with Crippen molar-refractivity contribution in [2.24, 2.45) is 5.10 Å². The van der Waals surface area contributed by atoms with Crippen molar-refractivity contribution in [3.8, 4) is 5.75 Å². The monoisotopic (exact) mass is 300 g/mol. The van der Waals surface area contributed by atoms with Gasteiger partial charge in [-0.1, -0.05) is 12.1 Å². The van der Waals surface area contributed by atoms with Crippen molar-refractivity contribution in [2.75, 3.05) is 6.61 Å². The standard InChI is InChI=1S/C14H12N4O4/c19-14(17-16-9-11-3-2-6-15-8-11)10-22-13-5-1-4-12(7-13)18(20)21/h1-9H,10H2,(H,17,19). The molecule has 2 rings (SSSR count). The summed E-state index contributed by atoms with van der Waals surface area (Å²) in [6.45, 7) is -0.300. The molecule has 1 N–H and O–H groups in total. The molecule has 0 bridgehead atoms. The molecule has 0 aliphatic heterocycles. The molecule has 0 spiro atoms. The summed E-state index contributed by atoms with van der Waals surface area (Å²) < 4.78 is 5.16. The number of nitro benzene ring substituents is 1. The molecule has 0 saturated carbocycles. The Bertz CT molecular complexity index is 688. The molecule has 1 amide bonds. The van der Waals surface area contributed by atoms with Crippen molar-refractivity contribution < 1.29 is 14.5 Å². The van der Waals surface area contributed by atoms with E-state index in [1.165, 1.54) is 30.5 Å². The highest BCUT2D eigenvalue weighted by Crippen LogP contribution is 2.18. The van der Waals surface area contributed by atoms with Crippen molar-refractivity contribution in [1.29, 1.82) is 0 Å². The van der Waals surface area contributed by atoms with E-state index in [9.17, 15) is 14.9 Å². The maximum absolute atomic E-state index is 11.5. The van der Waals surface area contributed by atoms with Gasteiger partial charge in [0.2, 0.25) is 0 Å². The number of hydrazone groups is 1. The topological polar surface area (TPSA) is 107 Å². The average molecular weight is 300 g/mol. The van der Waals surface area contributed by atoms with Crippen LogP contribution in [-0.2, 0) is 4.79 Å². The van der Waals surface area contributed by atoms with Gasteiger partial charge in [0.1, 0.15) is 5.75 Å². The predicted molar refractivity (Wildman–Crippen MR) is 78.6 cm³/mol. The fraction of sp³-hybridized carbons (Fsp3) is 0.0714. The van der Waals surface area contributed by atoms with E-state index in [0.29, 0.717) is 0 Å². The average Bonchev–Trinajstić information content (AvgIpc) is 2.54. The van der Waals surface area contributed by atoms with Gasteiger partial charge in [0, 0.05) is 24.0 Å². The van der Waals surface area contributed by atoms with Crippen LogP contribution >= 0.6 is 0 Å². The molecule has 8 heteroatoms. The molecule has 0 aliphatic carbocycles. The van der Waals surface area contributed by atoms with Crippen LogP contribution in [0.25, 0.3) is 0 Å². The van der Waals surface area contributed by atoms with Gasteiger partial charge in [0.15, 0.2) is 6.61 Å². The number of hydrogen-bond donors (Lipinski definition) is 1. The summed E-state index contributed by atoms with van der Waals surface area (Å²) in [7, 11) is 0. The summed E-state index contributed by atoms with van der Waals surface area (Å²) in [6, 6.07) is 9.11. The number of non-ortho nitro benzene ring substituents is 1. The first-order valence-electron chi connectivity index (χ1n) is 6.24. The lowest BCUT2D eigenvalue weighted by Crippen LogP contribution is -2.24. The molecule has 22 heavy (non-hydrogen) atoms. The zero-order valence-corrected chi connectivity index (χ0v) is 11.4. The highest BCUT2D eigenvalue weighted by molar-refractivity contribution is 5.82. The second-order valence-corrected chi connectivity index (χ2v) is 4.12. The van der Waals surface area contributed by atoms with Gasteiger partial charge in [-0.05, 0) is 12.1 Å². The molecule has 1 aromatic heterocycles. The normalized spacial score (nSPS) is 10.4. The number of aromatic nitrogens is 1. The molecule has 1 aromatic carbocycles. The van der Waals surface area contributed by atoms with Crippen LogP contribution in [0.1, 0.15) is 5.56 Å². The van der Waals surface area contributed by atoms with Crippen molar-refractivity contribution in [3.05, 3.63) is 64.5 Å². The van der Waals surface area contributed by atoms with E-state index in [1.807, 2.05) is 0 Å². The number of pyridine rings is 1. The van der Waals surface area contributed by atoms with Gasteiger partial charge in [-0.3, -0.25) is 19.9 Å². The lowest BCUT2D eigenvalue weighted by atomic mass is 10.3. The lowest BCUT2D eigenvalue weighted by Gasteiger charge is -2.04. The van der Waals surface area contributed by atoms with E-state index in [0.717, 1.165) is 5.56 Å². The maximum atomic E-state index is 11.5. The van der Waals surface area contributed by atoms with Gasteiger partial charge < -0.3 is 4.74 Å². The van der Waals surface area contributed by atoms with E-state index in [-0.39, 0.29) is 18.0 Å². The number of amides is 1. The van der Waals surface area contributed by atoms with Gasteiger partial charge in [-0.25, -0.2) is 5.43 Å². The SMILES string of the molecule is O=C(COc1cccc([N+](=O)[O-])c1)NN=Cc1cccnc1. The predicted octanol–water partition coefficient (Wildman–Crippen LogP) is 1.52. The zero-order chi connectivity index (χ0) is 15.8. The number of carbonyl (C=O) groups excluding carboxylic acids is 1. The number of rotatable bonds is 6. The first-order valence-corrected chi connectivity index (χ1v) is 6.24. The number of ether oxygens (including phenoxy) is 1. The number of carbonyl (C=O) groups is 1. The Balaban J connectivity index is 1.82. The highest BCUT2D eigenvalue weighted by Gasteiger charge is 2.07. The van der Waals surface area contributed by atoms with E-state index in [1.54, 1.807) is 24.5 Å². The zero-order valence-electron chi connectivity index (χ0n) is 11.4. The summed E-state index contributed by atoms with van der Waals surface area (Å²) in [5.74, 6) is -0.243. The van der Waals surface area contributed by atoms with Crippen LogP contribution in [0.4, 0.5) is 5.69 Å². The van der Waals surface area contributed by atoms with Crippen LogP contribution in [0, 0.1) is 10.1 Å². The molecule has 0 aliphatic rings. The Morgan fingerprint density at radius 1 is 1.41 bits per heavy atom. The van der Waals surface area contributed by atoms with Crippen LogP contribution in [0.2, 0.25) is 0 Å². The van der Waals surface area contributed by atoms with E-state index in [4.69, 9.17) is 4.74 Å². The fourth-order valence-corrected chi connectivity index (χ4v) is 1.50. The summed E-state index contributed by atoms with van der Waals surface area (Å²) in [5, 5.41) is 14.4. The van der Waals surface area contributed by atoms with Crippen LogP contribution in [0.5, 0.6) is 5.75 Å². The Labute approximate surface area is 125 Å². The first kappa shape index (κ1) is 15.1. The molecule has 0 atom stereocenters. The van der Waals surface area contributed by atoms with E-state index >= 15 is 0 Å². The van der Waals surface area contributed by atoms with Crippen LogP contribution in [0.3, 0.4) is 0 Å². The van der Waals surface area contributed by atoms with Gasteiger partial charge in [-0.2, -0.15) is 5.10 Å². The Morgan fingerprint density at radius 2 is 2.27 bits per heavy atom. The first-order chi connectivity index (χ1) is 10.6. The van der Waals surface area contributed by atoms with Gasteiger partial charge in [-0.15, -0.1) is 0 Å². The van der Waals surface area contributed by atoms with Crippen molar-refractivity contribution in [1.82, 2.24) is 10.4 Å². The van der Waals surface area contributed by atoms with Crippen LogP contribution < -0.4 is 10.2 Å². The lowest BCUT2D eigenvalue weighted by molar-refractivity contribution is -0.384. The number of nitro groups is 1. The van der Waals surface area contributed by atoms with Crippen LogP contribution in [-0.4, -0.2) is 28.6 Å². The van der Waals surface area contributed by atoms with Crippen molar-refractivity contribution >= 4 is 17.8 Å². The van der Waals surface area contributed by atoms with Gasteiger partial charge in [0.25, 0.3) is 11.6 Å². The summed E-state index contributed by atoms with van der Waals surface area (Å²) in [4.78, 5) is 25.5. The molecule has 8 nitrogen and oxygen atoms in total. The molecule has 1 heterocycles. The van der Waals surface area contributed by atoms with Crippen LogP contribution in [0.15, 0.2) is 53.9 Å². The molecular formula is C14H12N4O4. The van der Waals surface area contributed by atoms with E-state index in [2.05, 4.69) is 15.5 Å². The molecule has 0 radical (unpaired) electrons. The smallest absolute Gasteiger partial charge is 0.277 e. The van der Waals surface area contributed by atoms with Crippen molar-refractivity contribution in [3.63, 3.8) is 0 Å². The minimum atomic E-state index is -0.537. The molecular weight excluding hydrogens is 288 g/mol. The summed E-state index contributed by atoms with van der Waals surface area (Å²) >= 11 is 0.